The lowest BCUT2D eigenvalue weighted by Crippen LogP contribution is -2.63. The Balaban J connectivity index is 2.91. The molecule has 0 spiro atoms. The molecule has 0 saturated heterocycles. The Kier molecular flexibility index (Phi) is 7.45. The van der Waals surface area contributed by atoms with Crippen molar-refractivity contribution in [3.05, 3.63) is 0 Å². The first kappa shape index (κ1) is 17.9. The van der Waals surface area contributed by atoms with Crippen LogP contribution in [-0.2, 0) is 9.47 Å². The number of nitrogens with zero attached hydrogens (tertiary/aromatic N) is 1. The predicted molar refractivity (Wildman–Crippen MR) is 83.7 cm³/mol. The minimum absolute atomic E-state index is 0.257. The molecular weight excluding hydrogens is 252 g/mol. The van der Waals surface area contributed by atoms with Gasteiger partial charge in [0.25, 0.3) is 0 Å². The molecule has 0 radical (unpaired) electrons. The van der Waals surface area contributed by atoms with Crippen LogP contribution in [0.1, 0.15) is 52.9 Å². The van der Waals surface area contributed by atoms with Gasteiger partial charge in [-0.2, -0.15) is 0 Å². The molecule has 120 valence electrons. The molecule has 0 aromatic carbocycles. The normalized spacial score (nSPS) is 20.2. The predicted octanol–water partition coefficient (Wildman–Crippen LogP) is 2.61. The molecule has 1 saturated carbocycles. The highest BCUT2D eigenvalue weighted by molar-refractivity contribution is 4.95. The summed E-state index contributed by atoms with van der Waals surface area (Å²) >= 11 is 0. The molecule has 1 fully saturated rings. The fraction of sp³-hybridized carbons (Fsp3) is 1.00. The molecule has 0 aromatic rings. The second kappa shape index (κ2) is 8.32. The summed E-state index contributed by atoms with van der Waals surface area (Å²) in [4.78, 5) is 2.57. The van der Waals surface area contributed by atoms with Crippen LogP contribution in [0, 0.1) is 5.92 Å². The number of ether oxygens (including phenoxy) is 2. The molecule has 4 nitrogen and oxygen atoms in total. The molecule has 1 aliphatic carbocycles. The Bertz CT molecular complexity index is 263. The molecule has 1 aliphatic rings. The summed E-state index contributed by atoms with van der Waals surface area (Å²) < 4.78 is 11.1. The van der Waals surface area contributed by atoms with Gasteiger partial charge < -0.3 is 15.2 Å². The van der Waals surface area contributed by atoms with Gasteiger partial charge in [0.1, 0.15) is 0 Å². The standard InChI is InChI=1S/C16H34N2O2/c1-13(2)10-11-18(14-8-6-7-9-14)16(3,12-17)15(19-4)20-5/h13-15H,6-12,17H2,1-5H3. The molecule has 0 bridgehead atoms. The fourth-order valence-electron chi connectivity index (χ4n) is 3.42. The van der Waals surface area contributed by atoms with Crippen LogP contribution in [0.2, 0.25) is 0 Å². The van der Waals surface area contributed by atoms with Gasteiger partial charge in [-0.3, -0.25) is 4.90 Å². The number of hydrogen-bond donors (Lipinski definition) is 1. The molecule has 0 aromatic heterocycles. The largest absolute Gasteiger partial charge is 0.354 e. The number of hydrogen-bond acceptors (Lipinski definition) is 4. The summed E-state index contributed by atoms with van der Waals surface area (Å²) in [5.74, 6) is 0.699. The number of nitrogens with two attached hydrogens (primary N) is 1. The fourth-order valence-corrected chi connectivity index (χ4v) is 3.42. The summed E-state index contributed by atoms with van der Waals surface area (Å²) in [6.07, 6.45) is 6.11. The summed E-state index contributed by atoms with van der Waals surface area (Å²) in [6, 6.07) is 0.620. The van der Waals surface area contributed by atoms with Gasteiger partial charge in [0, 0.05) is 26.8 Å². The van der Waals surface area contributed by atoms with Gasteiger partial charge in [0.05, 0.1) is 5.54 Å². The minimum atomic E-state index is -0.278. The van der Waals surface area contributed by atoms with Crippen LogP contribution in [0.25, 0.3) is 0 Å². The summed E-state index contributed by atoms with van der Waals surface area (Å²) in [7, 11) is 3.41. The first-order chi connectivity index (χ1) is 9.49. The van der Waals surface area contributed by atoms with Gasteiger partial charge in [-0.05, 0) is 38.6 Å². The van der Waals surface area contributed by atoms with E-state index >= 15 is 0 Å². The van der Waals surface area contributed by atoms with Crippen LogP contribution < -0.4 is 5.73 Å². The van der Waals surface area contributed by atoms with Crippen molar-refractivity contribution in [2.24, 2.45) is 11.7 Å². The topological polar surface area (TPSA) is 47.7 Å². The van der Waals surface area contributed by atoms with E-state index in [1.165, 1.54) is 32.1 Å². The van der Waals surface area contributed by atoms with Crippen molar-refractivity contribution in [2.45, 2.75) is 70.7 Å². The highest BCUT2D eigenvalue weighted by atomic mass is 16.7. The average molecular weight is 286 g/mol. The molecule has 20 heavy (non-hydrogen) atoms. The van der Waals surface area contributed by atoms with E-state index in [1.807, 2.05) is 0 Å². The lowest BCUT2D eigenvalue weighted by Gasteiger charge is -2.47. The Morgan fingerprint density at radius 2 is 1.75 bits per heavy atom. The van der Waals surface area contributed by atoms with Crippen molar-refractivity contribution in [2.75, 3.05) is 27.3 Å². The Morgan fingerprint density at radius 1 is 1.20 bits per heavy atom. The third-order valence-electron chi connectivity index (χ3n) is 4.72. The quantitative estimate of drug-likeness (QED) is 0.662. The summed E-state index contributed by atoms with van der Waals surface area (Å²) in [6.45, 7) is 8.35. The Morgan fingerprint density at radius 3 is 2.15 bits per heavy atom. The maximum atomic E-state index is 6.13. The smallest absolute Gasteiger partial charge is 0.176 e. The van der Waals surface area contributed by atoms with Crippen LogP contribution in [-0.4, -0.2) is 50.1 Å². The van der Waals surface area contributed by atoms with E-state index < -0.39 is 0 Å². The molecule has 0 amide bonds. The van der Waals surface area contributed by atoms with E-state index in [9.17, 15) is 0 Å². The van der Waals surface area contributed by atoms with Gasteiger partial charge in [-0.1, -0.05) is 26.7 Å². The van der Waals surface area contributed by atoms with Gasteiger partial charge in [-0.25, -0.2) is 0 Å². The Labute approximate surface area is 125 Å². The number of rotatable bonds is 9. The summed E-state index contributed by atoms with van der Waals surface area (Å²) in [5.41, 5.74) is 5.88. The van der Waals surface area contributed by atoms with Crippen LogP contribution in [0.3, 0.4) is 0 Å². The third kappa shape index (κ3) is 4.17. The molecule has 0 aliphatic heterocycles. The van der Waals surface area contributed by atoms with Gasteiger partial charge >= 0.3 is 0 Å². The lowest BCUT2D eigenvalue weighted by atomic mass is 9.94. The average Bonchev–Trinajstić information content (AvgIpc) is 2.93. The second-order valence-electron chi connectivity index (χ2n) is 6.68. The highest BCUT2D eigenvalue weighted by Gasteiger charge is 2.43. The molecule has 0 heterocycles. The van der Waals surface area contributed by atoms with E-state index in [2.05, 4.69) is 25.7 Å². The first-order valence-corrected chi connectivity index (χ1v) is 8.02. The minimum Gasteiger partial charge on any atom is -0.354 e. The number of methoxy groups -OCH3 is 2. The van der Waals surface area contributed by atoms with Crippen molar-refractivity contribution in [3.8, 4) is 0 Å². The van der Waals surface area contributed by atoms with Crippen molar-refractivity contribution in [1.82, 2.24) is 4.90 Å². The highest BCUT2D eigenvalue weighted by Crippen LogP contribution is 2.32. The molecule has 1 atom stereocenters. The molecular formula is C16H34N2O2. The molecule has 2 N–H and O–H groups in total. The van der Waals surface area contributed by atoms with Crippen LogP contribution in [0.15, 0.2) is 0 Å². The van der Waals surface area contributed by atoms with E-state index in [0.29, 0.717) is 18.5 Å². The molecule has 4 heteroatoms. The maximum absolute atomic E-state index is 6.13. The van der Waals surface area contributed by atoms with Gasteiger partial charge in [-0.15, -0.1) is 0 Å². The van der Waals surface area contributed by atoms with E-state index in [-0.39, 0.29) is 11.8 Å². The zero-order valence-corrected chi connectivity index (χ0v) is 14.0. The van der Waals surface area contributed by atoms with Crippen LogP contribution in [0.4, 0.5) is 0 Å². The maximum Gasteiger partial charge on any atom is 0.176 e. The van der Waals surface area contributed by atoms with Crippen molar-refractivity contribution < 1.29 is 9.47 Å². The van der Waals surface area contributed by atoms with Crippen molar-refractivity contribution in [3.63, 3.8) is 0 Å². The zero-order valence-electron chi connectivity index (χ0n) is 14.0. The van der Waals surface area contributed by atoms with Gasteiger partial charge in [0.2, 0.25) is 0 Å². The Hall–Kier alpha value is -0.160. The van der Waals surface area contributed by atoms with Crippen LogP contribution in [0.5, 0.6) is 0 Å². The van der Waals surface area contributed by atoms with Crippen LogP contribution >= 0.6 is 0 Å². The van der Waals surface area contributed by atoms with Crippen molar-refractivity contribution >= 4 is 0 Å². The third-order valence-corrected chi connectivity index (χ3v) is 4.72. The van der Waals surface area contributed by atoms with E-state index in [0.717, 1.165) is 6.54 Å². The van der Waals surface area contributed by atoms with Gasteiger partial charge in [0.15, 0.2) is 6.29 Å². The summed E-state index contributed by atoms with van der Waals surface area (Å²) in [5, 5.41) is 0. The van der Waals surface area contributed by atoms with E-state index in [4.69, 9.17) is 15.2 Å². The molecule has 1 unspecified atom stereocenters. The zero-order chi connectivity index (χ0) is 15.2. The second-order valence-corrected chi connectivity index (χ2v) is 6.68. The SMILES string of the molecule is COC(OC)C(C)(CN)N(CCC(C)C)C1CCCC1. The van der Waals surface area contributed by atoms with E-state index in [1.54, 1.807) is 14.2 Å². The van der Waals surface area contributed by atoms with Crippen molar-refractivity contribution in [1.29, 1.82) is 0 Å². The molecule has 1 rings (SSSR count). The lowest BCUT2D eigenvalue weighted by molar-refractivity contribution is -0.188. The first-order valence-electron chi connectivity index (χ1n) is 8.02. The monoisotopic (exact) mass is 286 g/mol.